The van der Waals surface area contributed by atoms with Crippen LogP contribution in [0.2, 0.25) is 0 Å². The van der Waals surface area contributed by atoms with Gasteiger partial charge >= 0.3 is 0 Å². The summed E-state index contributed by atoms with van der Waals surface area (Å²) in [5.41, 5.74) is 3.76. The highest BCUT2D eigenvalue weighted by atomic mass is 16.5. The minimum absolute atomic E-state index is 0.614. The van der Waals surface area contributed by atoms with Crippen molar-refractivity contribution in [3.8, 4) is 5.75 Å². The van der Waals surface area contributed by atoms with Gasteiger partial charge in [-0.05, 0) is 42.6 Å². The molecule has 2 rings (SSSR count). The van der Waals surface area contributed by atoms with Gasteiger partial charge in [0.2, 0.25) is 0 Å². The van der Waals surface area contributed by atoms with Crippen LogP contribution in [-0.4, -0.2) is 6.54 Å². The van der Waals surface area contributed by atoms with E-state index in [1.54, 1.807) is 0 Å². The third-order valence-electron chi connectivity index (χ3n) is 3.33. The fraction of sp³-hybridized carbons (Fsp3) is 0.368. The zero-order chi connectivity index (χ0) is 15.1. The van der Waals surface area contributed by atoms with Gasteiger partial charge in [0.05, 0.1) is 0 Å². The number of hydrogen-bond donors (Lipinski definition) is 1. The van der Waals surface area contributed by atoms with E-state index in [9.17, 15) is 0 Å². The highest BCUT2D eigenvalue weighted by Gasteiger charge is 1.98. The second-order valence-corrected chi connectivity index (χ2v) is 5.94. The van der Waals surface area contributed by atoms with Gasteiger partial charge in [-0.25, -0.2) is 0 Å². The molecule has 0 fully saturated rings. The Morgan fingerprint density at radius 2 is 1.52 bits per heavy atom. The number of benzene rings is 2. The van der Waals surface area contributed by atoms with Gasteiger partial charge in [0, 0.05) is 6.54 Å². The first kappa shape index (κ1) is 15.6. The van der Waals surface area contributed by atoms with E-state index in [0.717, 1.165) is 18.8 Å². The van der Waals surface area contributed by atoms with Gasteiger partial charge in [0.25, 0.3) is 0 Å². The Morgan fingerprint density at radius 1 is 0.905 bits per heavy atom. The van der Waals surface area contributed by atoms with Crippen LogP contribution in [0.5, 0.6) is 5.75 Å². The summed E-state index contributed by atoms with van der Waals surface area (Å²) in [5.74, 6) is 1.61. The number of ether oxygens (including phenoxy) is 1. The molecule has 2 aromatic carbocycles. The summed E-state index contributed by atoms with van der Waals surface area (Å²) < 4.78 is 5.78. The van der Waals surface area contributed by atoms with Gasteiger partial charge in [-0.15, -0.1) is 0 Å². The van der Waals surface area contributed by atoms with Crippen molar-refractivity contribution in [1.82, 2.24) is 5.32 Å². The van der Waals surface area contributed by atoms with E-state index < -0.39 is 0 Å². The molecule has 1 N–H and O–H groups in total. The molecule has 0 atom stereocenters. The van der Waals surface area contributed by atoms with Crippen molar-refractivity contribution in [2.24, 2.45) is 5.92 Å². The zero-order valence-electron chi connectivity index (χ0n) is 13.2. The summed E-state index contributed by atoms with van der Waals surface area (Å²) >= 11 is 0. The highest BCUT2D eigenvalue weighted by molar-refractivity contribution is 5.27. The fourth-order valence-electron chi connectivity index (χ4n) is 2.06. The van der Waals surface area contributed by atoms with E-state index in [1.165, 1.54) is 16.7 Å². The lowest BCUT2D eigenvalue weighted by Gasteiger charge is -2.09. The molecule has 2 aromatic rings. The van der Waals surface area contributed by atoms with E-state index in [1.807, 2.05) is 12.1 Å². The molecular weight excluding hydrogens is 258 g/mol. The molecule has 21 heavy (non-hydrogen) atoms. The summed E-state index contributed by atoms with van der Waals surface area (Å²) in [6, 6.07) is 16.8. The quantitative estimate of drug-likeness (QED) is 0.817. The van der Waals surface area contributed by atoms with Gasteiger partial charge in [0.15, 0.2) is 0 Å². The van der Waals surface area contributed by atoms with E-state index in [-0.39, 0.29) is 0 Å². The fourth-order valence-corrected chi connectivity index (χ4v) is 2.06. The molecule has 0 aliphatic carbocycles. The van der Waals surface area contributed by atoms with Crippen molar-refractivity contribution in [2.45, 2.75) is 33.9 Å². The number of aryl methyl sites for hydroxylation is 1. The third-order valence-corrected chi connectivity index (χ3v) is 3.33. The van der Waals surface area contributed by atoms with Crippen LogP contribution in [0.1, 0.15) is 30.5 Å². The Bertz CT molecular complexity index is 528. The minimum atomic E-state index is 0.614. The van der Waals surface area contributed by atoms with Crippen LogP contribution >= 0.6 is 0 Å². The molecule has 2 nitrogen and oxygen atoms in total. The molecule has 0 aromatic heterocycles. The molecule has 0 unspecified atom stereocenters. The molecule has 0 saturated carbocycles. The molecular formula is C19H25NO. The average molecular weight is 283 g/mol. The van der Waals surface area contributed by atoms with Crippen LogP contribution in [0, 0.1) is 12.8 Å². The average Bonchev–Trinajstić information content (AvgIpc) is 2.48. The Labute approximate surface area is 128 Å². The molecule has 0 heterocycles. The molecule has 0 radical (unpaired) electrons. The summed E-state index contributed by atoms with van der Waals surface area (Å²) in [7, 11) is 0. The van der Waals surface area contributed by atoms with Crippen molar-refractivity contribution < 1.29 is 4.74 Å². The van der Waals surface area contributed by atoms with Crippen molar-refractivity contribution in [2.75, 3.05) is 6.54 Å². The van der Waals surface area contributed by atoms with Crippen LogP contribution in [-0.2, 0) is 13.2 Å². The van der Waals surface area contributed by atoms with Gasteiger partial charge in [0.1, 0.15) is 12.4 Å². The lowest BCUT2D eigenvalue weighted by atomic mass is 10.1. The molecule has 0 saturated heterocycles. The van der Waals surface area contributed by atoms with E-state index >= 15 is 0 Å². The van der Waals surface area contributed by atoms with Crippen molar-refractivity contribution >= 4 is 0 Å². The maximum Gasteiger partial charge on any atom is 0.119 e. The normalized spacial score (nSPS) is 10.9. The lowest BCUT2D eigenvalue weighted by molar-refractivity contribution is 0.306. The zero-order valence-corrected chi connectivity index (χ0v) is 13.2. The Kier molecular flexibility index (Phi) is 5.82. The number of rotatable bonds is 7. The third kappa shape index (κ3) is 5.60. The van der Waals surface area contributed by atoms with E-state index in [0.29, 0.717) is 12.5 Å². The molecule has 2 heteroatoms. The SMILES string of the molecule is Cc1ccc(OCc2ccc(CNCC(C)C)cc2)cc1. The van der Waals surface area contributed by atoms with Gasteiger partial charge in [-0.3, -0.25) is 0 Å². The second-order valence-electron chi connectivity index (χ2n) is 5.94. The molecule has 112 valence electrons. The lowest BCUT2D eigenvalue weighted by Crippen LogP contribution is -2.18. The van der Waals surface area contributed by atoms with Gasteiger partial charge < -0.3 is 10.1 Å². The smallest absolute Gasteiger partial charge is 0.119 e. The summed E-state index contributed by atoms with van der Waals surface area (Å²) in [6.07, 6.45) is 0. The molecule has 0 bridgehead atoms. The summed E-state index contributed by atoms with van der Waals surface area (Å²) in [6.45, 7) is 9.12. The van der Waals surface area contributed by atoms with Crippen LogP contribution in [0.4, 0.5) is 0 Å². The maximum atomic E-state index is 5.78. The van der Waals surface area contributed by atoms with Crippen LogP contribution in [0.15, 0.2) is 48.5 Å². The molecule has 0 spiro atoms. The first-order valence-corrected chi connectivity index (χ1v) is 7.61. The van der Waals surface area contributed by atoms with Crippen molar-refractivity contribution in [3.05, 3.63) is 65.2 Å². The maximum absolute atomic E-state index is 5.78. The van der Waals surface area contributed by atoms with Crippen molar-refractivity contribution in [1.29, 1.82) is 0 Å². The van der Waals surface area contributed by atoms with Crippen LogP contribution in [0.3, 0.4) is 0 Å². The van der Waals surface area contributed by atoms with E-state index in [4.69, 9.17) is 4.74 Å². The first-order valence-electron chi connectivity index (χ1n) is 7.61. The van der Waals surface area contributed by atoms with E-state index in [2.05, 4.69) is 62.5 Å². The number of nitrogens with one attached hydrogen (secondary N) is 1. The highest BCUT2D eigenvalue weighted by Crippen LogP contribution is 2.14. The largest absolute Gasteiger partial charge is 0.489 e. The predicted octanol–water partition coefficient (Wildman–Crippen LogP) is 4.32. The topological polar surface area (TPSA) is 21.3 Å². The minimum Gasteiger partial charge on any atom is -0.489 e. The van der Waals surface area contributed by atoms with Crippen LogP contribution in [0.25, 0.3) is 0 Å². The Hall–Kier alpha value is -1.80. The molecule has 0 aliphatic heterocycles. The van der Waals surface area contributed by atoms with Crippen LogP contribution < -0.4 is 10.1 Å². The second kappa shape index (κ2) is 7.84. The van der Waals surface area contributed by atoms with Crippen molar-refractivity contribution in [3.63, 3.8) is 0 Å². The molecule has 0 amide bonds. The van der Waals surface area contributed by atoms with Gasteiger partial charge in [-0.2, -0.15) is 0 Å². The Balaban J connectivity index is 1.80. The first-order chi connectivity index (χ1) is 10.1. The Morgan fingerprint density at radius 3 is 2.14 bits per heavy atom. The summed E-state index contributed by atoms with van der Waals surface area (Å²) in [4.78, 5) is 0. The predicted molar refractivity (Wildman–Crippen MR) is 88.5 cm³/mol. The standard InChI is InChI=1S/C19H25NO/c1-15(2)12-20-13-17-6-8-18(9-7-17)14-21-19-10-4-16(3)5-11-19/h4-11,15,20H,12-14H2,1-3H3. The number of hydrogen-bond acceptors (Lipinski definition) is 2. The van der Waals surface area contributed by atoms with Gasteiger partial charge in [-0.1, -0.05) is 55.8 Å². The molecule has 0 aliphatic rings. The monoisotopic (exact) mass is 283 g/mol. The summed E-state index contributed by atoms with van der Waals surface area (Å²) in [5, 5.41) is 3.45.